The molecule has 0 fully saturated rings. The van der Waals surface area contributed by atoms with E-state index < -0.39 is 0 Å². The average Bonchev–Trinajstić information content (AvgIpc) is 2.87. The van der Waals surface area contributed by atoms with E-state index in [4.69, 9.17) is 4.74 Å². The van der Waals surface area contributed by atoms with Crippen molar-refractivity contribution in [3.63, 3.8) is 0 Å². The molecule has 3 aromatic rings. The van der Waals surface area contributed by atoms with Gasteiger partial charge in [0.15, 0.2) is 0 Å². The van der Waals surface area contributed by atoms with Crippen LogP contribution in [0.15, 0.2) is 41.9 Å². The first-order valence-corrected chi connectivity index (χ1v) is 6.33. The number of thiazole rings is 1. The standard InChI is InChI=1S/C14H10FNOS/c1-17-11-6-7-12-14(16-8-18-12)13(11)9-2-4-10(15)5-3-9/h2-8H,1H3. The summed E-state index contributed by atoms with van der Waals surface area (Å²) >= 11 is 1.58. The number of halogens is 1. The van der Waals surface area contributed by atoms with Crippen LogP contribution in [0.5, 0.6) is 5.75 Å². The summed E-state index contributed by atoms with van der Waals surface area (Å²) in [6.45, 7) is 0. The SMILES string of the molecule is COc1ccc2scnc2c1-c1ccc(F)cc1. The molecule has 0 bridgehead atoms. The molecule has 0 saturated heterocycles. The highest BCUT2D eigenvalue weighted by Gasteiger charge is 2.12. The predicted octanol–water partition coefficient (Wildman–Crippen LogP) is 4.11. The maximum Gasteiger partial charge on any atom is 0.128 e. The van der Waals surface area contributed by atoms with Gasteiger partial charge >= 0.3 is 0 Å². The second kappa shape index (κ2) is 4.38. The summed E-state index contributed by atoms with van der Waals surface area (Å²) < 4.78 is 19.5. The van der Waals surface area contributed by atoms with E-state index in [-0.39, 0.29) is 5.82 Å². The second-order valence-corrected chi connectivity index (χ2v) is 4.74. The number of ether oxygens (including phenoxy) is 1. The van der Waals surface area contributed by atoms with E-state index in [1.54, 1.807) is 36.1 Å². The van der Waals surface area contributed by atoms with Crippen molar-refractivity contribution in [1.29, 1.82) is 0 Å². The molecular formula is C14H10FNOS. The summed E-state index contributed by atoms with van der Waals surface area (Å²) in [5.74, 6) is 0.503. The molecule has 0 aliphatic rings. The lowest BCUT2D eigenvalue weighted by atomic mass is 10.0. The lowest BCUT2D eigenvalue weighted by molar-refractivity contribution is 0.417. The molecule has 0 aliphatic heterocycles. The number of benzene rings is 2. The molecule has 0 radical (unpaired) electrons. The van der Waals surface area contributed by atoms with Gasteiger partial charge in [0.25, 0.3) is 0 Å². The summed E-state index contributed by atoms with van der Waals surface area (Å²) in [7, 11) is 1.63. The van der Waals surface area contributed by atoms with Crippen LogP contribution in [0, 0.1) is 5.82 Å². The summed E-state index contributed by atoms with van der Waals surface area (Å²) in [5.41, 5.74) is 4.52. The Morgan fingerprint density at radius 2 is 1.89 bits per heavy atom. The molecule has 0 atom stereocenters. The van der Waals surface area contributed by atoms with Gasteiger partial charge in [-0.2, -0.15) is 0 Å². The maximum absolute atomic E-state index is 13.0. The minimum absolute atomic E-state index is 0.247. The number of nitrogens with zero attached hydrogens (tertiary/aromatic N) is 1. The zero-order valence-electron chi connectivity index (χ0n) is 9.68. The molecule has 0 aliphatic carbocycles. The first-order valence-electron chi connectivity index (χ1n) is 5.46. The van der Waals surface area contributed by atoms with Gasteiger partial charge in [-0.05, 0) is 29.8 Å². The molecule has 1 heterocycles. The Kier molecular flexibility index (Phi) is 2.72. The first kappa shape index (κ1) is 11.2. The van der Waals surface area contributed by atoms with E-state index in [2.05, 4.69) is 4.98 Å². The van der Waals surface area contributed by atoms with Crippen LogP contribution < -0.4 is 4.74 Å². The van der Waals surface area contributed by atoms with E-state index in [9.17, 15) is 4.39 Å². The first-order chi connectivity index (χ1) is 8.79. The number of rotatable bonds is 2. The van der Waals surface area contributed by atoms with Gasteiger partial charge in [-0.3, -0.25) is 0 Å². The fourth-order valence-electron chi connectivity index (χ4n) is 1.98. The van der Waals surface area contributed by atoms with Gasteiger partial charge in [0.1, 0.15) is 11.6 Å². The van der Waals surface area contributed by atoms with E-state index in [1.165, 1.54) is 12.1 Å². The van der Waals surface area contributed by atoms with E-state index in [0.717, 1.165) is 27.1 Å². The number of methoxy groups -OCH3 is 1. The van der Waals surface area contributed by atoms with Crippen molar-refractivity contribution in [3.8, 4) is 16.9 Å². The van der Waals surface area contributed by atoms with Gasteiger partial charge in [0.2, 0.25) is 0 Å². The number of fused-ring (bicyclic) bond motifs is 1. The van der Waals surface area contributed by atoms with E-state index in [0.29, 0.717) is 0 Å². The Labute approximate surface area is 108 Å². The molecule has 2 nitrogen and oxygen atoms in total. The molecule has 90 valence electrons. The van der Waals surface area contributed by atoms with Crippen molar-refractivity contribution >= 4 is 21.6 Å². The van der Waals surface area contributed by atoms with E-state index in [1.807, 2.05) is 12.1 Å². The zero-order valence-corrected chi connectivity index (χ0v) is 10.5. The highest BCUT2D eigenvalue weighted by Crippen LogP contribution is 2.37. The number of hydrogen-bond donors (Lipinski definition) is 0. The minimum atomic E-state index is -0.247. The molecule has 18 heavy (non-hydrogen) atoms. The Balaban J connectivity index is 2.31. The molecule has 3 rings (SSSR count). The third-order valence-corrected chi connectivity index (χ3v) is 3.61. The highest BCUT2D eigenvalue weighted by molar-refractivity contribution is 7.16. The van der Waals surface area contributed by atoms with Gasteiger partial charge in [-0.15, -0.1) is 11.3 Å². The summed E-state index contributed by atoms with van der Waals surface area (Å²) in [5, 5.41) is 0. The largest absolute Gasteiger partial charge is 0.496 e. The Morgan fingerprint density at radius 1 is 1.11 bits per heavy atom. The van der Waals surface area contributed by atoms with Crippen molar-refractivity contribution in [2.24, 2.45) is 0 Å². The fourth-order valence-corrected chi connectivity index (χ4v) is 2.66. The van der Waals surface area contributed by atoms with Crippen molar-refractivity contribution in [2.45, 2.75) is 0 Å². The highest BCUT2D eigenvalue weighted by atomic mass is 32.1. The molecular weight excluding hydrogens is 249 g/mol. The van der Waals surface area contributed by atoms with Crippen molar-refractivity contribution in [1.82, 2.24) is 4.98 Å². The lowest BCUT2D eigenvalue weighted by Gasteiger charge is -2.09. The summed E-state index contributed by atoms with van der Waals surface area (Å²) in [4.78, 5) is 4.37. The van der Waals surface area contributed by atoms with Crippen LogP contribution in [0.4, 0.5) is 4.39 Å². The van der Waals surface area contributed by atoms with Crippen LogP contribution in [0.2, 0.25) is 0 Å². The predicted molar refractivity (Wildman–Crippen MR) is 71.6 cm³/mol. The molecule has 0 spiro atoms. The van der Waals surface area contributed by atoms with Crippen LogP contribution in [0.3, 0.4) is 0 Å². The van der Waals surface area contributed by atoms with Crippen LogP contribution in [-0.4, -0.2) is 12.1 Å². The topological polar surface area (TPSA) is 22.1 Å². The quantitative estimate of drug-likeness (QED) is 0.691. The van der Waals surface area contributed by atoms with Crippen LogP contribution in [-0.2, 0) is 0 Å². The van der Waals surface area contributed by atoms with Gasteiger partial charge in [0.05, 0.1) is 28.4 Å². The van der Waals surface area contributed by atoms with Crippen molar-refractivity contribution in [3.05, 3.63) is 47.7 Å². The normalized spacial score (nSPS) is 10.8. The third-order valence-electron chi connectivity index (χ3n) is 2.82. The summed E-state index contributed by atoms with van der Waals surface area (Å²) in [6.07, 6.45) is 0. The van der Waals surface area contributed by atoms with E-state index >= 15 is 0 Å². The van der Waals surface area contributed by atoms with Gasteiger partial charge < -0.3 is 4.74 Å². The van der Waals surface area contributed by atoms with Crippen LogP contribution >= 0.6 is 11.3 Å². The van der Waals surface area contributed by atoms with Crippen LogP contribution in [0.1, 0.15) is 0 Å². The molecule has 0 unspecified atom stereocenters. The van der Waals surface area contributed by atoms with Crippen molar-refractivity contribution in [2.75, 3.05) is 7.11 Å². The zero-order chi connectivity index (χ0) is 12.5. The molecule has 0 N–H and O–H groups in total. The smallest absolute Gasteiger partial charge is 0.128 e. The number of hydrogen-bond acceptors (Lipinski definition) is 3. The average molecular weight is 259 g/mol. The molecule has 0 saturated carbocycles. The third kappa shape index (κ3) is 1.75. The van der Waals surface area contributed by atoms with Crippen molar-refractivity contribution < 1.29 is 9.13 Å². The van der Waals surface area contributed by atoms with Gasteiger partial charge in [-0.25, -0.2) is 9.37 Å². The Bertz CT molecular complexity index is 691. The Morgan fingerprint density at radius 3 is 2.61 bits per heavy atom. The summed E-state index contributed by atoms with van der Waals surface area (Å²) in [6, 6.07) is 10.3. The molecule has 1 aromatic heterocycles. The minimum Gasteiger partial charge on any atom is -0.496 e. The maximum atomic E-state index is 13.0. The fraction of sp³-hybridized carbons (Fsp3) is 0.0714. The van der Waals surface area contributed by atoms with Gasteiger partial charge in [0, 0.05) is 0 Å². The molecule has 2 aromatic carbocycles. The van der Waals surface area contributed by atoms with Gasteiger partial charge in [-0.1, -0.05) is 12.1 Å². The monoisotopic (exact) mass is 259 g/mol. The second-order valence-electron chi connectivity index (χ2n) is 3.85. The number of aromatic nitrogens is 1. The lowest BCUT2D eigenvalue weighted by Crippen LogP contribution is -1.89. The Hall–Kier alpha value is -1.94. The molecule has 0 amide bonds. The van der Waals surface area contributed by atoms with Crippen LogP contribution in [0.25, 0.3) is 21.3 Å². The molecule has 4 heteroatoms.